The third-order valence-corrected chi connectivity index (χ3v) is 4.55. The SMILES string of the molecule is CCC1CCC2(CC1)CN(C(=O)OCCN(C)C)C(=O)O2. The van der Waals surface area contributed by atoms with Crippen LogP contribution in [0, 0.1) is 5.92 Å². The van der Waals surface area contributed by atoms with E-state index in [1.54, 1.807) is 0 Å². The molecule has 2 amide bonds. The third-order valence-electron chi connectivity index (χ3n) is 4.55. The molecule has 6 heteroatoms. The number of imide groups is 1. The van der Waals surface area contributed by atoms with Crippen LogP contribution in [-0.2, 0) is 9.47 Å². The van der Waals surface area contributed by atoms with Crippen molar-refractivity contribution in [2.45, 2.75) is 44.6 Å². The van der Waals surface area contributed by atoms with Gasteiger partial charge < -0.3 is 14.4 Å². The molecule has 0 radical (unpaired) electrons. The standard InChI is InChI=1S/C15H26N2O4/c1-4-12-5-7-15(8-6-12)11-17(14(19)21-15)13(18)20-10-9-16(2)3/h12H,4-11H2,1-3H3. The first-order valence-corrected chi connectivity index (χ1v) is 7.78. The fourth-order valence-electron chi connectivity index (χ4n) is 3.03. The summed E-state index contributed by atoms with van der Waals surface area (Å²) in [6.45, 7) is 3.44. The highest BCUT2D eigenvalue weighted by Crippen LogP contribution is 2.40. The molecular formula is C15H26N2O4. The molecule has 0 N–H and O–H groups in total. The first-order chi connectivity index (χ1) is 9.96. The van der Waals surface area contributed by atoms with Crippen LogP contribution in [0.2, 0.25) is 0 Å². The number of amides is 2. The topological polar surface area (TPSA) is 59.1 Å². The predicted molar refractivity (Wildman–Crippen MR) is 78.1 cm³/mol. The van der Waals surface area contributed by atoms with Gasteiger partial charge in [-0.15, -0.1) is 0 Å². The molecule has 1 saturated heterocycles. The molecule has 0 atom stereocenters. The number of nitrogens with zero attached hydrogens (tertiary/aromatic N) is 2. The Labute approximate surface area is 126 Å². The van der Waals surface area contributed by atoms with E-state index in [0.717, 1.165) is 36.5 Å². The maximum Gasteiger partial charge on any atom is 0.420 e. The molecule has 6 nitrogen and oxygen atoms in total. The van der Waals surface area contributed by atoms with Gasteiger partial charge in [0.25, 0.3) is 0 Å². The Hall–Kier alpha value is -1.30. The normalized spacial score (nSPS) is 29.0. The van der Waals surface area contributed by atoms with Crippen molar-refractivity contribution < 1.29 is 19.1 Å². The summed E-state index contributed by atoms with van der Waals surface area (Å²) in [5.41, 5.74) is -0.469. The van der Waals surface area contributed by atoms with E-state index in [9.17, 15) is 9.59 Å². The molecule has 2 rings (SSSR count). The summed E-state index contributed by atoms with van der Waals surface area (Å²) in [5, 5.41) is 0. The molecule has 0 aromatic rings. The van der Waals surface area contributed by atoms with E-state index >= 15 is 0 Å². The second kappa shape index (κ2) is 6.64. The molecule has 1 saturated carbocycles. The minimum atomic E-state index is -0.587. The Morgan fingerprint density at radius 2 is 2.10 bits per heavy atom. The van der Waals surface area contributed by atoms with Gasteiger partial charge in [0.05, 0.1) is 6.54 Å². The van der Waals surface area contributed by atoms with Gasteiger partial charge in [0.2, 0.25) is 0 Å². The maximum absolute atomic E-state index is 12.0. The summed E-state index contributed by atoms with van der Waals surface area (Å²) in [5.74, 6) is 0.718. The van der Waals surface area contributed by atoms with Gasteiger partial charge in [-0.2, -0.15) is 0 Å². The highest BCUT2D eigenvalue weighted by atomic mass is 16.6. The Morgan fingerprint density at radius 3 is 2.67 bits per heavy atom. The largest absolute Gasteiger partial charge is 0.448 e. The Kier molecular flexibility index (Phi) is 5.08. The summed E-state index contributed by atoms with van der Waals surface area (Å²) in [7, 11) is 3.80. The fraction of sp³-hybridized carbons (Fsp3) is 0.867. The number of hydrogen-bond donors (Lipinski definition) is 0. The summed E-state index contributed by atoms with van der Waals surface area (Å²) < 4.78 is 10.6. The molecule has 1 aliphatic carbocycles. The number of carbonyl (C=O) groups excluding carboxylic acids is 2. The highest BCUT2D eigenvalue weighted by molar-refractivity contribution is 5.89. The summed E-state index contributed by atoms with van der Waals surface area (Å²) in [6, 6.07) is 0. The van der Waals surface area contributed by atoms with Gasteiger partial charge in [0.15, 0.2) is 0 Å². The van der Waals surface area contributed by atoms with Crippen LogP contribution in [0.1, 0.15) is 39.0 Å². The van der Waals surface area contributed by atoms with Gasteiger partial charge in [-0.25, -0.2) is 14.5 Å². The molecule has 0 unspecified atom stereocenters. The lowest BCUT2D eigenvalue weighted by Crippen LogP contribution is -2.40. The minimum Gasteiger partial charge on any atom is -0.448 e. The molecule has 1 aliphatic heterocycles. The Bertz CT molecular complexity index is 389. The third kappa shape index (κ3) is 3.87. The number of carbonyl (C=O) groups is 2. The smallest absolute Gasteiger partial charge is 0.420 e. The zero-order valence-corrected chi connectivity index (χ0v) is 13.3. The lowest BCUT2D eigenvalue weighted by molar-refractivity contribution is 0.0127. The van der Waals surface area contributed by atoms with Crippen molar-refractivity contribution in [3.63, 3.8) is 0 Å². The predicted octanol–water partition coefficient (Wildman–Crippen LogP) is 2.48. The molecule has 21 heavy (non-hydrogen) atoms. The molecule has 0 bridgehead atoms. The fourth-order valence-corrected chi connectivity index (χ4v) is 3.03. The van der Waals surface area contributed by atoms with E-state index in [1.165, 1.54) is 6.42 Å². The van der Waals surface area contributed by atoms with E-state index in [2.05, 4.69) is 6.92 Å². The first-order valence-electron chi connectivity index (χ1n) is 7.78. The Morgan fingerprint density at radius 1 is 1.43 bits per heavy atom. The van der Waals surface area contributed by atoms with Crippen molar-refractivity contribution in [3.8, 4) is 0 Å². The van der Waals surface area contributed by atoms with Crippen LogP contribution in [0.5, 0.6) is 0 Å². The van der Waals surface area contributed by atoms with Crippen LogP contribution in [0.4, 0.5) is 9.59 Å². The van der Waals surface area contributed by atoms with Gasteiger partial charge in [0.1, 0.15) is 12.2 Å². The second-order valence-electron chi connectivity index (χ2n) is 6.41. The summed E-state index contributed by atoms with van der Waals surface area (Å²) in [6.07, 6.45) is 3.84. The Balaban J connectivity index is 1.86. The van der Waals surface area contributed by atoms with Crippen LogP contribution in [0.15, 0.2) is 0 Å². The van der Waals surface area contributed by atoms with Crippen LogP contribution in [-0.4, -0.2) is 61.4 Å². The van der Waals surface area contributed by atoms with Crippen molar-refractivity contribution in [3.05, 3.63) is 0 Å². The number of hydrogen-bond acceptors (Lipinski definition) is 5. The van der Waals surface area contributed by atoms with E-state index in [0.29, 0.717) is 13.1 Å². The van der Waals surface area contributed by atoms with Gasteiger partial charge in [-0.3, -0.25) is 0 Å². The zero-order chi connectivity index (χ0) is 15.5. The van der Waals surface area contributed by atoms with Crippen LogP contribution >= 0.6 is 0 Å². The van der Waals surface area contributed by atoms with Crippen LogP contribution < -0.4 is 0 Å². The molecular weight excluding hydrogens is 272 g/mol. The number of rotatable bonds is 4. The van der Waals surface area contributed by atoms with Gasteiger partial charge in [0, 0.05) is 6.54 Å². The summed E-state index contributed by atoms with van der Waals surface area (Å²) in [4.78, 5) is 26.9. The lowest BCUT2D eigenvalue weighted by atomic mass is 9.78. The zero-order valence-electron chi connectivity index (χ0n) is 13.3. The van der Waals surface area contributed by atoms with Gasteiger partial charge in [-0.05, 0) is 45.7 Å². The van der Waals surface area contributed by atoms with E-state index in [4.69, 9.17) is 9.47 Å². The lowest BCUT2D eigenvalue weighted by Gasteiger charge is -2.34. The molecule has 0 aromatic carbocycles. The monoisotopic (exact) mass is 298 g/mol. The molecule has 2 fully saturated rings. The highest BCUT2D eigenvalue weighted by Gasteiger charge is 2.49. The van der Waals surface area contributed by atoms with Crippen molar-refractivity contribution in [2.24, 2.45) is 5.92 Å². The number of likely N-dealkylation sites (N-methyl/N-ethyl adjacent to an activating group) is 1. The maximum atomic E-state index is 12.0. The summed E-state index contributed by atoms with van der Waals surface area (Å²) >= 11 is 0. The quantitative estimate of drug-likeness (QED) is 0.798. The van der Waals surface area contributed by atoms with Crippen molar-refractivity contribution >= 4 is 12.2 Å². The van der Waals surface area contributed by atoms with Crippen molar-refractivity contribution in [2.75, 3.05) is 33.8 Å². The molecule has 1 spiro atoms. The van der Waals surface area contributed by atoms with Gasteiger partial charge in [-0.1, -0.05) is 13.3 Å². The molecule has 2 aliphatic rings. The minimum absolute atomic E-state index is 0.278. The average molecular weight is 298 g/mol. The molecule has 120 valence electrons. The number of ether oxygens (including phenoxy) is 2. The average Bonchev–Trinajstić information content (AvgIpc) is 2.76. The van der Waals surface area contributed by atoms with E-state index < -0.39 is 17.8 Å². The molecule has 0 aromatic heterocycles. The first kappa shape index (κ1) is 16.1. The molecule has 1 heterocycles. The van der Waals surface area contributed by atoms with Crippen molar-refractivity contribution in [1.82, 2.24) is 9.80 Å². The van der Waals surface area contributed by atoms with Crippen molar-refractivity contribution in [1.29, 1.82) is 0 Å². The van der Waals surface area contributed by atoms with Crippen LogP contribution in [0.3, 0.4) is 0 Å². The van der Waals surface area contributed by atoms with E-state index in [1.807, 2.05) is 19.0 Å². The van der Waals surface area contributed by atoms with E-state index in [-0.39, 0.29) is 6.61 Å². The second-order valence-corrected chi connectivity index (χ2v) is 6.41. The van der Waals surface area contributed by atoms with Gasteiger partial charge >= 0.3 is 12.2 Å². The van der Waals surface area contributed by atoms with Crippen LogP contribution in [0.25, 0.3) is 0 Å².